The van der Waals surface area contributed by atoms with Crippen molar-refractivity contribution in [3.8, 4) is 0 Å². The zero-order chi connectivity index (χ0) is 17.0. The molecule has 1 fully saturated rings. The van der Waals surface area contributed by atoms with Gasteiger partial charge in [0.2, 0.25) is 10.0 Å². The summed E-state index contributed by atoms with van der Waals surface area (Å²) in [5, 5.41) is 0.518. The molecule has 0 aromatic heterocycles. The average molecular weight is 365 g/mol. The number of sulfonamides is 1. The molecule has 1 N–H and O–H groups in total. The molecule has 3 rings (SSSR count). The lowest BCUT2D eigenvalue weighted by molar-refractivity contribution is 0.330. The Balaban J connectivity index is 1.70. The summed E-state index contributed by atoms with van der Waals surface area (Å²) in [4.78, 5) is 2.64. The number of rotatable bonds is 6. The van der Waals surface area contributed by atoms with Crippen LogP contribution in [0.3, 0.4) is 0 Å². The Hall–Kier alpha value is -1.40. The third kappa shape index (κ3) is 4.36. The molecular formula is C18H21ClN2O2S. The van der Waals surface area contributed by atoms with E-state index >= 15 is 0 Å². The Labute approximate surface area is 148 Å². The Morgan fingerprint density at radius 2 is 1.58 bits per heavy atom. The van der Waals surface area contributed by atoms with Crippen molar-refractivity contribution in [1.82, 2.24) is 9.62 Å². The molecule has 4 nitrogen and oxygen atoms in total. The number of nitrogens with zero attached hydrogens (tertiary/aromatic N) is 1. The van der Waals surface area contributed by atoms with Gasteiger partial charge in [0.05, 0.1) is 4.90 Å². The van der Waals surface area contributed by atoms with Crippen molar-refractivity contribution in [3.05, 3.63) is 64.7 Å². The third-order valence-electron chi connectivity index (χ3n) is 4.29. The molecular weight excluding hydrogens is 344 g/mol. The van der Waals surface area contributed by atoms with E-state index in [9.17, 15) is 8.42 Å². The van der Waals surface area contributed by atoms with Crippen LogP contribution < -0.4 is 4.72 Å². The number of hydrogen-bond donors (Lipinski definition) is 1. The quantitative estimate of drug-likeness (QED) is 0.854. The first-order chi connectivity index (χ1) is 11.5. The van der Waals surface area contributed by atoms with E-state index in [-0.39, 0.29) is 11.4 Å². The third-order valence-corrected chi connectivity index (χ3v) is 5.96. The van der Waals surface area contributed by atoms with Gasteiger partial charge < -0.3 is 0 Å². The smallest absolute Gasteiger partial charge is 0.240 e. The van der Waals surface area contributed by atoms with Crippen molar-refractivity contribution in [2.45, 2.75) is 30.8 Å². The van der Waals surface area contributed by atoms with Crippen molar-refractivity contribution in [2.24, 2.45) is 0 Å². The van der Waals surface area contributed by atoms with Crippen LogP contribution >= 0.6 is 11.6 Å². The number of hydrogen-bond acceptors (Lipinski definition) is 3. The second kappa shape index (κ2) is 7.66. The summed E-state index contributed by atoms with van der Waals surface area (Å²) in [7, 11) is -3.54. The molecule has 1 heterocycles. The molecule has 1 aliphatic rings. The van der Waals surface area contributed by atoms with Crippen molar-refractivity contribution < 1.29 is 8.42 Å². The fourth-order valence-electron chi connectivity index (χ4n) is 2.94. The predicted octanol–water partition coefficient (Wildman–Crippen LogP) is 3.41. The fraction of sp³-hybridized carbons (Fsp3) is 0.333. The molecule has 0 atom stereocenters. The second-order valence-corrected chi connectivity index (χ2v) is 8.23. The van der Waals surface area contributed by atoms with E-state index in [4.69, 9.17) is 11.6 Å². The number of nitrogens with one attached hydrogen (secondary N) is 1. The van der Waals surface area contributed by atoms with Gasteiger partial charge >= 0.3 is 0 Å². The van der Waals surface area contributed by atoms with Gasteiger partial charge in [-0.2, -0.15) is 0 Å². The zero-order valence-electron chi connectivity index (χ0n) is 13.4. The van der Waals surface area contributed by atoms with E-state index in [1.54, 1.807) is 12.1 Å². The van der Waals surface area contributed by atoms with E-state index in [0.29, 0.717) is 5.02 Å². The lowest BCUT2D eigenvalue weighted by atomic mass is 10.1. The van der Waals surface area contributed by atoms with Crippen LogP contribution in [0.2, 0.25) is 5.02 Å². The first-order valence-corrected chi connectivity index (χ1v) is 9.95. The summed E-state index contributed by atoms with van der Waals surface area (Å²) in [6, 6.07) is 14.2. The van der Waals surface area contributed by atoms with E-state index < -0.39 is 10.0 Å². The number of halogens is 1. The van der Waals surface area contributed by atoms with Gasteiger partial charge in [-0.1, -0.05) is 35.9 Å². The summed E-state index contributed by atoms with van der Waals surface area (Å²) in [6.45, 7) is 3.39. The van der Waals surface area contributed by atoms with Crippen molar-refractivity contribution in [3.63, 3.8) is 0 Å². The largest absolute Gasteiger partial charge is 0.299 e. The van der Waals surface area contributed by atoms with Crippen molar-refractivity contribution in [1.29, 1.82) is 0 Å². The van der Waals surface area contributed by atoms with Gasteiger partial charge in [-0.15, -0.1) is 0 Å². The van der Waals surface area contributed by atoms with Crippen LogP contribution in [0.1, 0.15) is 24.0 Å². The topological polar surface area (TPSA) is 49.4 Å². The van der Waals surface area contributed by atoms with Gasteiger partial charge in [-0.05, 0) is 61.3 Å². The van der Waals surface area contributed by atoms with Crippen LogP contribution in [-0.4, -0.2) is 26.4 Å². The molecule has 0 unspecified atom stereocenters. The van der Waals surface area contributed by atoms with E-state index in [2.05, 4.69) is 15.7 Å². The molecule has 1 saturated heterocycles. The molecule has 1 aliphatic heterocycles. The van der Waals surface area contributed by atoms with E-state index in [1.807, 2.05) is 18.2 Å². The second-order valence-electron chi connectivity index (χ2n) is 6.03. The average Bonchev–Trinajstić information content (AvgIpc) is 3.08. The van der Waals surface area contributed by atoms with Crippen LogP contribution in [0.4, 0.5) is 0 Å². The van der Waals surface area contributed by atoms with Crippen molar-refractivity contribution >= 4 is 21.6 Å². The maximum Gasteiger partial charge on any atom is 0.240 e. The van der Waals surface area contributed by atoms with Gasteiger partial charge in [-0.25, -0.2) is 13.1 Å². The molecule has 0 saturated carbocycles. The standard InChI is InChI=1S/C18H21ClN2O2S/c19-17-7-9-18(10-8-17)24(22,23)20-13-15-5-1-2-6-16(15)14-21-11-3-4-12-21/h1-2,5-10,20H,3-4,11-14H2. The summed E-state index contributed by atoms with van der Waals surface area (Å²) in [5.41, 5.74) is 2.19. The molecule has 0 amide bonds. The van der Waals surface area contributed by atoms with Crippen LogP contribution in [0, 0.1) is 0 Å². The van der Waals surface area contributed by atoms with Crippen molar-refractivity contribution in [2.75, 3.05) is 13.1 Å². The molecule has 0 aliphatic carbocycles. The first-order valence-electron chi connectivity index (χ1n) is 8.09. The van der Waals surface area contributed by atoms with Gasteiger partial charge in [0, 0.05) is 18.1 Å². The Kier molecular flexibility index (Phi) is 5.56. The van der Waals surface area contributed by atoms with Crippen LogP contribution in [0.5, 0.6) is 0 Å². The minimum absolute atomic E-state index is 0.226. The summed E-state index contributed by atoms with van der Waals surface area (Å²) in [5.74, 6) is 0. The monoisotopic (exact) mass is 364 g/mol. The first kappa shape index (κ1) is 17.4. The molecule has 128 valence electrons. The Morgan fingerprint density at radius 1 is 0.958 bits per heavy atom. The normalized spacial score (nSPS) is 15.7. The molecule has 0 spiro atoms. The van der Waals surface area contributed by atoms with E-state index in [0.717, 1.165) is 25.2 Å². The molecule has 6 heteroatoms. The molecule has 0 radical (unpaired) electrons. The summed E-state index contributed by atoms with van der Waals surface area (Å²) in [6.07, 6.45) is 2.48. The van der Waals surface area contributed by atoms with Gasteiger partial charge in [0.25, 0.3) is 0 Å². The fourth-order valence-corrected chi connectivity index (χ4v) is 4.07. The van der Waals surface area contributed by atoms with Crippen LogP contribution in [0.15, 0.2) is 53.4 Å². The molecule has 24 heavy (non-hydrogen) atoms. The van der Waals surface area contributed by atoms with Gasteiger partial charge in [0.1, 0.15) is 0 Å². The van der Waals surface area contributed by atoms with Gasteiger partial charge in [0.15, 0.2) is 0 Å². The molecule has 2 aromatic carbocycles. The Bertz CT molecular complexity index is 785. The highest BCUT2D eigenvalue weighted by Gasteiger charge is 2.16. The minimum Gasteiger partial charge on any atom is -0.299 e. The van der Waals surface area contributed by atoms with Crippen LogP contribution in [-0.2, 0) is 23.1 Å². The highest BCUT2D eigenvalue weighted by atomic mass is 35.5. The zero-order valence-corrected chi connectivity index (χ0v) is 15.0. The van der Waals surface area contributed by atoms with E-state index in [1.165, 1.54) is 30.5 Å². The SMILES string of the molecule is O=S(=O)(NCc1ccccc1CN1CCCC1)c1ccc(Cl)cc1. The van der Waals surface area contributed by atoms with Gasteiger partial charge in [-0.3, -0.25) is 4.90 Å². The molecule has 2 aromatic rings. The minimum atomic E-state index is -3.54. The maximum absolute atomic E-state index is 12.4. The summed E-state index contributed by atoms with van der Waals surface area (Å²) < 4.78 is 27.5. The predicted molar refractivity (Wildman–Crippen MR) is 96.4 cm³/mol. The Morgan fingerprint density at radius 3 is 2.25 bits per heavy atom. The lowest BCUT2D eigenvalue weighted by Gasteiger charge is -2.17. The van der Waals surface area contributed by atoms with Crippen LogP contribution in [0.25, 0.3) is 0 Å². The number of benzene rings is 2. The number of likely N-dealkylation sites (tertiary alicyclic amines) is 1. The highest BCUT2D eigenvalue weighted by Crippen LogP contribution is 2.18. The highest BCUT2D eigenvalue weighted by molar-refractivity contribution is 7.89. The summed E-state index contributed by atoms with van der Waals surface area (Å²) >= 11 is 5.82. The lowest BCUT2D eigenvalue weighted by Crippen LogP contribution is -2.25. The molecule has 0 bridgehead atoms. The maximum atomic E-state index is 12.4.